The molecule has 0 bridgehead atoms. The molecule has 1 unspecified atom stereocenters. The highest BCUT2D eigenvalue weighted by molar-refractivity contribution is 4.93. The van der Waals surface area contributed by atoms with Gasteiger partial charge in [-0.25, -0.2) is 0 Å². The Morgan fingerprint density at radius 2 is 2.09 bits per heavy atom. The summed E-state index contributed by atoms with van der Waals surface area (Å²) < 4.78 is 0. The fourth-order valence-electron chi connectivity index (χ4n) is 0.774. The SMILES string of the molecule is C/C=C/CC(O)C=CCCC. The standard InChI is InChI=1S/C10H18O/c1-3-5-7-9-10(11)8-6-4-2/h4,6-7,9-11H,3,5,8H2,1-2H3/b6-4+,9-7?. The third-order valence-electron chi connectivity index (χ3n) is 1.43. The van der Waals surface area contributed by atoms with Gasteiger partial charge < -0.3 is 5.11 Å². The zero-order chi connectivity index (χ0) is 8.53. The molecule has 1 heteroatoms. The molecule has 1 atom stereocenters. The van der Waals surface area contributed by atoms with Crippen molar-refractivity contribution >= 4 is 0 Å². The van der Waals surface area contributed by atoms with E-state index in [9.17, 15) is 5.11 Å². The van der Waals surface area contributed by atoms with Gasteiger partial charge in [0.25, 0.3) is 0 Å². The van der Waals surface area contributed by atoms with E-state index in [2.05, 4.69) is 6.92 Å². The van der Waals surface area contributed by atoms with Gasteiger partial charge in [-0.15, -0.1) is 0 Å². The van der Waals surface area contributed by atoms with E-state index >= 15 is 0 Å². The molecule has 0 amide bonds. The van der Waals surface area contributed by atoms with Gasteiger partial charge in [-0.3, -0.25) is 0 Å². The number of unbranched alkanes of at least 4 members (excludes halogenated alkanes) is 1. The molecule has 0 aromatic carbocycles. The fourth-order valence-corrected chi connectivity index (χ4v) is 0.774. The summed E-state index contributed by atoms with van der Waals surface area (Å²) in [6, 6.07) is 0. The van der Waals surface area contributed by atoms with Crippen molar-refractivity contribution in [3.05, 3.63) is 24.3 Å². The number of hydrogen-bond acceptors (Lipinski definition) is 1. The largest absolute Gasteiger partial charge is 0.389 e. The van der Waals surface area contributed by atoms with E-state index in [4.69, 9.17) is 0 Å². The van der Waals surface area contributed by atoms with Crippen LogP contribution in [0.15, 0.2) is 24.3 Å². The normalized spacial score (nSPS) is 14.8. The summed E-state index contributed by atoms with van der Waals surface area (Å²) in [6.07, 6.45) is 10.5. The molecule has 0 aromatic rings. The molecule has 1 N–H and O–H groups in total. The van der Waals surface area contributed by atoms with Crippen LogP contribution in [0, 0.1) is 0 Å². The molecule has 0 fully saturated rings. The van der Waals surface area contributed by atoms with Gasteiger partial charge in [-0.1, -0.05) is 37.6 Å². The lowest BCUT2D eigenvalue weighted by Crippen LogP contribution is -1.98. The lowest BCUT2D eigenvalue weighted by atomic mass is 10.2. The topological polar surface area (TPSA) is 20.2 Å². The molecule has 0 radical (unpaired) electrons. The number of allylic oxidation sites excluding steroid dienone is 2. The Labute approximate surface area is 69.4 Å². The summed E-state index contributed by atoms with van der Waals surface area (Å²) in [6.45, 7) is 4.09. The van der Waals surface area contributed by atoms with Crippen molar-refractivity contribution < 1.29 is 5.11 Å². The summed E-state index contributed by atoms with van der Waals surface area (Å²) in [5.74, 6) is 0. The van der Waals surface area contributed by atoms with E-state index in [1.54, 1.807) is 0 Å². The van der Waals surface area contributed by atoms with Gasteiger partial charge in [0.15, 0.2) is 0 Å². The van der Waals surface area contributed by atoms with Crippen molar-refractivity contribution in [3.63, 3.8) is 0 Å². The Morgan fingerprint density at radius 3 is 2.64 bits per heavy atom. The molecule has 0 aliphatic rings. The van der Waals surface area contributed by atoms with Crippen LogP contribution in [0.25, 0.3) is 0 Å². The second-order valence-electron chi connectivity index (χ2n) is 2.59. The quantitative estimate of drug-likeness (QED) is 0.604. The second-order valence-corrected chi connectivity index (χ2v) is 2.59. The lowest BCUT2D eigenvalue weighted by Gasteiger charge is -1.98. The van der Waals surface area contributed by atoms with Crippen LogP contribution < -0.4 is 0 Å². The highest BCUT2D eigenvalue weighted by Gasteiger charge is 1.92. The van der Waals surface area contributed by atoms with Crippen LogP contribution >= 0.6 is 0 Å². The van der Waals surface area contributed by atoms with E-state index in [0.29, 0.717) is 0 Å². The highest BCUT2D eigenvalue weighted by atomic mass is 16.3. The Morgan fingerprint density at radius 1 is 1.36 bits per heavy atom. The zero-order valence-corrected chi connectivity index (χ0v) is 7.46. The van der Waals surface area contributed by atoms with Gasteiger partial charge in [-0.05, 0) is 19.8 Å². The van der Waals surface area contributed by atoms with Crippen molar-refractivity contribution in [2.45, 2.75) is 39.2 Å². The third kappa shape index (κ3) is 7.34. The van der Waals surface area contributed by atoms with E-state index in [1.165, 1.54) is 0 Å². The van der Waals surface area contributed by atoms with Crippen molar-refractivity contribution in [2.75, 3.05) is 0 Å². The van der Waals surface area contributed by atoms with Crippen LogP contribution in [-0.4, -0.2) is 11.2 Å². The molecule has 0 rings (SSSR count). The van der Waals surface area contributed by atoms with Gasteiger partial charge >= 0.3 is 0 Å². The first-order chi connectivity index (χ1) is 5.31. The van der Waals surface area contributed by atoms with Crippen LogP contribution in [0.3, 0.4) is 0 Å². The van der Waals surface area contributed by atoms with Crippen LogP contribution in [0.5, 0.6) is 0 Å². The third-order valence-corrected chi connectivity index (χ3v) is 1.43. The second kappa shape index (κ2) is 7.55. The summed E-state index contributed by atoms with van der Waals surface area (Å²) in [7, 11) is 0. The minimum atomic E-state index is -0.294. The Hall–Kier alpha value is -0.560. The maximum absolute atomic E-state index is 9.27. The first-order valence-electron chi connectivity index (χ1n) is 4.27. The Balaban J connectivity index is 3.42. The smallest absolute Gasteiger partial charge is 0.0755 e. The number of rotatable bonds is 5. The lowest BCUT2D eigenvalue weighted by molar-refractivity contribution is 0.226. The van der Waals surface area contributed by atoms with Gasteiger partial charge in [0.05, 0.1) is 6.10 Å². The van der Waals surface area contributed by atoms with Crippen molar-refractivity contribution in [1.82, 2.24) is 0 Å². The predicted octanol–water partition coefficient (Wildman–Crippen LogP) is 2.67. The van der Waals surface area contributed by atoms with Crippen LogP contribution in [0.1, 0.15) is 33.1 Å². The Bertz CT molecular complexity index is 125. The molecule has 64 valence electrons. The van der Waals surface area contributed by atoms with E-state index in [-0.39, 0.29) is 6.10 Å². The van der Waals surface area contributed by atoms with E-state index in [0.717, 1.165) is 19.3 Å². The number of aliphatic hydroxyl groups excluding tert-OH is 1. The van der Waals surface area contributed by atoms with Gasteiger partial charge in [0, 0.05) is 0 Å². The average Bonchev–Trinajstić information content (AvgIpc) is 2.01. The number of hydrogen-bond donors (Lipinski definition) is 1. The molecular weight excluding hydrogens is 136 g/mol. The molecule has 0 heterocycles. The zero-order valence-electron chi connectivity index (χ0n) is 7.46. The summed E-state index contributed by atoms with van der Waals surface area (Å²) >= 11 is 0. The molecule has 0 aromatic heterocycles. The van der Waals surface area contributed by atoms with E-state index < -0.39 is 0 Å². The highest BCUT2D eigenvalue weighted by Crippen LogP contribution is 1.97. The van der Waals surface area contributed by atoms with Crippen molar-refractivity contribution in [3.8, 4) is 0 Å². The molecular formula is C10H18O. The first-order valence-corrected chi connectivity index (χ1v) is 4.27. The van der Waals surface area contributed by atoms with Gasteiger partial charge in [-0.2, -0.15) is 0 Å². The minimum absolute atomic E-state index is 0.294. The maximum atomic E-state index is 9.27. The van der Waals surface area contributed by atoms with Gasteiger partial charge in [0.1, 0.15) is 0 Å². The van der Waals surface area contributed by atoms with Crippen molar-refractivity contribution in [1.29, 1.82) is 0 Å². The number of aliphatic hydroxyl groups is 1. The molecule has 11 heavy (non-hydrogen) atoms. The molecule has 0 aliphatic heterocycles. The Kier molecular flexibility index (Phi) is 7.16. The summed E-state index contributed by atoms with van der Waals surface area (Å²) in [5.41, 5.74) is 0. The summed E-state index contributed by atoms with van der Waals surface area (Å²) in [4.78, 5) is 0. The van der Waals surface area contributed by atoms with Gasteiger partial charge in [0.2, 0.25) is 0 Å². The van der Waals surface area contributed by atoms with Crippen LogP contribution in [-0.2, 0) is 0 Å². The molecule has 0 saturated carbocycles. The molecule has 0 spiro atoms. The average molecular weight is 154 g/mol. The summed E-state index contributed by atoms with van der Waals surface area (Å²) in [5, 5.41) is 9.27. The van der Waals surface area contributed by atoms with Crippen LogP contribution in [0.4, 0.5) is 0 Å². The molecule has 0 aliphatic carbocycles. The van der Waals surface area contributed by atoms with Crippen LogP contribution in [0.2, 0.25) is 0 Å². The minimum Gasteiger partial charge on any atom is -0.389 e. The maximum Gasteiger partial charge on any atom is 0.0755 e. The van der Waals surface area contributed by atoms with Crippen molar-refractivity contribution in [2.24, 2.45) is 0 Å². The predicted molar refractivity (Wildman–Crippen MR) is 49.5 cm³/mol. The van der Waals surface area contributed by atoms with E-state index in [1.807, 2.05) is 31.2 Å². The monoisotopic (exact) mass is 154 g/mol. The first kappa shape index (κ1) is 10.4. The molecule has 0 saturated heterocycles. The fraction of sp³-hybridized carbons (Fsp3) is 0.600. The molecule has 1 nitrogen and oxygen atoms in total.